The van der Waals surface area contributed by atoms with Crippen LogP contribution in [0, 0.1) is 0 Å². The third-order valence-electron chi connectivity index (χ3n) is 3.64. The maximum Gasteiger partial charge on any atom is 0.242 e. The second-order valence-corrected chi connectivity index (χ2v) is 5.03. The van der Waals surface area contributed by atoms with Crippen LogP contribution in [0.4, 0.5) is 0 Å². The molecule has 0 saturated heterocycles. The number of aryl methyl sites for hydroxylation is 1. The number of para-hydroxylation sites is 1. The van der Waals surface area contributed by atoms with Crippen LogP contribution in [0.2, 0.25) is 0 Å². The quantitative estimate of drug-likeness (QED) is 0.866. The molecule has 1 amide bonds. The van der Waals surface area contributed by atoms with Crippen LogP contribution in [0.1, 0.15) is 24.2 Å². The molecule has 1 aromatic carbocycles. The number of fused-ring (bicyclic) bond motifs is 1. The standard InChI is InChI=1S/C15H19N5O2/c1-2-20-11(10-18-19-20)9-17-15(21)14-12-5-3-4-6-13(12)22-8-7-16-14/h3-6,10,14,16H,2,7-9H2,1H3,(H,17,21)/t14-/m1/s1. The number of rotatable bonds is 4. The van der Waals surface area contributed by atoms with E-state index in [1.165, 1.54) is 0 Å². The lowest BCUT2D eigenvalue weighted by Gasteiger charge is -2.17. The molecule has 116 valence electrons. The van der Waals surface area contributed by atoms with Gasteiger partial charge in [0.25, 0.3) is 0 Å². The molecule has 3 rings (SSSR count). The number of benzene rings is 1. The molecular weight excluding hydrogens is 282 g/mol. The first-order valence-electron chi connectivity index (χ1n) is 7.39. The first kappa shape index (κ1) is 14.5. The van der Waals surface area contributed by atoms with E-state index >= 15 is 0 Å². The molecule has 1 aliphatic rings. The third kappa shape index (κ3) is 2.94. The summed E-state index contributed by atoms with van der Waals surface area (Å²) in [5.41, 5.74) is 1.74. The van der Waals surface area contributed by atoms with Gasteiger partial charge in [-0.3, -0.25) is 10.1 Å². The molecule has 7 heteroatoms. The van der Waals surface area contributed by atoms with Crippen molar-refractivity contribution in [2.45, 2.75) is 26.1 Å². The van der Waals surface area contributed by atoms with E-state index in [1.54, 1.807) is 10.9 Å². The predicted octanol–water partition coefficient (Wildman–Crippen LogP) is 0.638. The van der Waals surface area contributed by atoms with Gasteiger partial charge in [-0.2, -0.15) is 0 Å². The van der Waals surface area contributed by atoms with Crippen LogP contribution in [0.3, 0.4) is 0 Å². The van der Waals surface area contributed by atoms with E-state index in [0.29, 0.717) is 19.7 Å². The fourth-order valence-corrected chi connectivity index (χ4v) is 2.52. The summed E-state index contributed by atoms with van der Waals surface area (Å²) in [7, 11) is 0. The normalized spacial score (nSPS) is 17.2. The summed E-state index contributed by atoms with van der Waals surface area (Å²) in [6, 6.07) is 7.20. The highest BCUT2D eigenvalue weighted by Crippen LogP contribution is 2.26. The minimum Gasteiger partial charge on any atom is -0.492 e. The summed E-state index contributed by atoms with van der Waals surface area (Å²) >= 11 is 0. The Kier molecular flexibility index (Phi) is 4.34. The summed E-state index contributed by atoms with van der Waals surface area (Å²) in [4.78, 5) is 12.5. The highest BCUT2D eigenvalue weighted by Gasteiger charge is 2.25. The van der Waals surface area contributed by atoms with Gasteiger partial charge in [0.2, 0.25) is 5.91 Å². The second kappa shape index (κ2) is 6.57. The van der Waals surface area contributed by atoms with Crippen LogP contribution in [0.25, 0.3) is 0 Å². The zero-order valence-corrected chi connectivity index (χ0v) is 12.5. The van der Waals surface area contributed by atoms with Crippen LogP contribution >= 0.6 is 0 Å². The van der Waals surface area contributed by atoms with Crippen molar-refractivity contribution in [3.63, 3.8) is 0 Å². The summed E-state index contributed by atoms with van der Waals surface area (Å²) in [6.07, 6.45) is 1.67. The van der Waals surface area contributed by atoms with Crippen molar-refractivity contribution in [3.8, 4) is 5.75 Å². The van der Waals surface area contributed by atoms with Gasteiger partial charge < -0.3 is 10.1 Å². The summed E-state index contributed by atoms with van der Waals surface area (Å²) < 4.78 is 7.41. The Morgan fingerprint density at radius 1 is 1.50 bits per heavy atom. The molecular formula is C15H19N5O2. The molecule has 2 heterocycles. The van der Waals surface area contributed by atoms with E-state index in [2.05, 4.69) is 20.9 Å². The van der Waals surface area contributed by atoms with Crippen molar-refractivity contribution in [1.82, 2.24) is 25.6 Å². The molecule has 0 fully saturated rings. The van der Waals surface area contributed by atoms with Gasteiger partial charge in [-0.1, -0.05) is 23.4 Å². The highest BCUT2D eigenvalue weighted by molar-refractivity contribution is 5.84. The molecule has 0 unspecified atom stereocenters. The molecule has 2 N–H and O–H groups in total. The van der Waals surface area contributed by atoms with Crippen LogP contribution in [0.5, 0.6) is 5.75 Å². The monoisotopic (exact) mass is 301 g/mol. The number of hydrogen-bond acceptors (Lipinski definition) is 5. The van der Waals surface area contributed by atoms with Gasteiger partial charge in [-0.15, -0.1) is 5.10 Å². The lowest BCUT2D eigenvalue weighted by atomic mass is 10.1. The van der Waals surface area contributed by atoms with Crippen LogP contribution < -0.4 is 15.4 Å². The molecule has 0 saturated carbocycles. The summed E-state index contributed by atoms with van der Waals surface area (Å²) in [5.74, 6) is 0.676. The highest BCUT2D eigenvalue weighted by atomic mass is 16.5. The van der Waals surface area contributed by atoms with Crippen molar-refractivity contribution in [3.05, 3.63) is 41.7 Å². The third-order valence-corrected chi connectivity index (χ3v) is 3.64. The van der Waals surface area contributed by atoms with Gasteiger partial charge >= 0.3 is 0 Å². The van der Waals surface area contributed by atoms with Crippen LogP contribution in [-0.2, 0) is 17.9 Å². The largest absolute Gasteiger partial charge is 0.492 e. The summed E-state index contributed by atoms with van der Waals surface area (Å²) in [5, 5.41) is 14.0. The maximum atomic E-state index is 12.5. The molecule has 0 aliphatic carbocycles. The maximum absolute atomic E-state index is 12.5. The molecule has 0 radical (unpaired) electrons. The average Bonchev–Trinajstić information content (AvgIpc) is 2.90. The Labute approximate surface area is 128 Å². The zero-order valence-electron chi connectivity index (χ0n) is 12.5. The van der Waals surface area contributed by atoms with E-state index in [0.717, 1.165) is 23.6 Å². The molecule has 2 aromatic rings. The zero-order chi connectivity index (χ0) is 15.4. The molecule has 0 spiro atoms. The lowest BCUT2D eigenvalue weighted by Crippen LogP contribution is -2.37. The smallest absolute Gasteiger partial charge is 0.242 e. The van der Waals surface area contributed by atoms with Gasteiger partial charge in [0, 0.05) is 18.7 Å². The van der Waals surface area contributed by atoms with E-state index in [-0.39, 0.29) is 5.91 Å². The minimum absolute atomic E-state index is 0.0817. The molecule has 7 nitrogen and oxygen atoms in total. The van der Waals surface area contributed by atoms with Crippen LogP contribution in [0.15, 0.2) is 30.5 Å². The number of nitrogens with zero attached hydrogens (tertiary/aromatic N) is 3. The Morgan fingerprint density at radius 3 is 3.23 bits per heavy atom. The number of carbonyl (C=O) groups is 1. The topological polar surface area (TPSA) is 81.1 Å². The first-order valence-corrected chi connectivity index (χ1v) is 7.39. The van der Waals surface area contributed by atoms with E-state index in [4.69, 9.17) is 4.74 Å². The molecule has 1 aliphatic heterocycles. The number of aromatic nitrogens is 3. The Morgan fingerprint density at radius 2 is 2.36 bits per heavy atom. The second-order valence-electron chi connectivity index (χ2n) is 5.03. The van der Waals surface area contributed by atoms with E-state index in [9.17, 15) is 4.79 Å². The van der Waals surface area contributed by atoms with Gasteiger partial charge in [0.15, 0.2) is 0 Å². The number of amides is 1. The fraction of sp³-hybridized carbons (Fsp3) is 0.400. The average molecular weight is 301 g/mol. The Balaban J connectivity index is 1.72. The van der Waals surface area contributed by atoms with E-state index in [1.807, 2.05) is 31.2 Å². The SMILES string of the molecule is CCn1nncc1CNC(=O)[C@@H]1NCCOc2ccccc21. The van der Waals surface area contributed by atoms with Crippen molar-refractivity contribution in [1.29, 1.82) is 0 Å². The minimum atomic E-state index is -0.412. The lowest BCUT2D eigenvalue weighted by molar-refractivity contribution is -0.123. The van der Waals surface area contributed by atoms with Crippen molar-refractivity contribution in [2.75, 3.05) is 13.2 Å². The Bertz CT molecular complexity index is 655. The van der Waals surface area contributed by atoms with E-state index < -0.39 is 6.04 Å². The fourth-order valence-electron chi connectivity index (χ4n) is 2.52. The molecule has 1 atom stereocenters. The van der Waals surface area contributed by atoms with Crippen molar-refractivity contribution in [2.24, 2.45) is 0 Å². The van der Waals surface area contributed by atoms with Crippen LogP contribution in [-0.4, -0.2) is 34.1 Å². The van der Waals surface area contributed by atoms with Gasteiger partial charge in [0.1, 0.15) is 18.4 Å². The number of carbonyl (C=O) groups excluding carboxylic acids is 1. The molecule has 1 aromatic heterocycles. The molecule has 22 heavy (non-hydrogen) atoms. The molecule has 0 bridgehead atoms. The number of hydrogen-bond donors (Lipinski definition) is 2. The van der Waals surface area contributed by atoms with Gasteiger partial charge in [-0.05, 0) is 13.0 Å². The van der Waals surface area contributed by atoms with Gasteiger partial charge in [-0.25, -0.2) is 4.68 Å². The van der Waals surface area contributed by atoms with Crippen molar-refractivity contribution >= 4 is 5.91 Å². The van der Waals surface area contributed by atoms with Crippen molar-refractivity contribution < 1.29 is 9.53 Å². The number of ether oxygens (including phenoxy) is 1. The first-order chi connectivity index (χ1) is 10.8. The predicted molar refractivity (Wildman–Crippen MR) is 80.2 cm³/mol. The Hall–Kier alpha value is -2.41. The summed E-state index contributed by atoms with van der Waals surface area (Å²) in [6.45, 7) is 4.29. The number of nitrogens with one attached hydrogen (secondary N) is 2. The van der Waals surface area contributed by atoms with Gasteiger partial charge in [0.05, 0.1) is 18.4 Å².